The lowest BCUT2D eigenvalue weighted by molar-refractivity contribution is -0.0240. The second-order valence-corrected chi connectivity index (χ2v) is 8.66. The largest absolute Gasteiger partial charge is 0.508 e. The first-order valence-corrected chi connectivity index (χ1v) is 9.83. The Morgan fingerprint density at radius 1 is 1.09 bits per heavy atom. The van der Waals surface area contributed by atoms with Crippen molar-refractivity contribution in [3.8, 4) is 5.75 Å². The van der Waals surface area contributed by atoms with Gasteiger partial charge in [-0.3, -0.25) is 4.90 Å². The Morgan fingerprint density at radius 3 is 2.83 bits per heavy atom. The van der Waals surface area contributed by atoms with Crippen LogP contribution in [0.2, 0.25) is 0 Å². The fraction of sp³-hybridized carbons (Fsp3) is 0.714. The molecule has 3 atom stereocenters. The third kappa shape index (κ3) is 2.10. The van der Waals surface area contributed by atoms with Crippen molar-refractivity contribution < 1.29 is 5.11 Å². The summed E-state index contributed by atoms with van der Waals surface area (Å²) in [5.74, 6) is 2.28. The summed E-state index contributed by atoms with van der Waals surface area (Å²) in [4.78, 5) is 2.87. The van der Waals surface area contributed by atoms with E-state index < -0.39 is 0 Å². The number of fused-ring (bicyclic) bond motifs is 1. The Hall–Kier alpha value is -1.02. The van der Waals surface area contributed by atoms with Crippen molar-refractivity contribution in [2.24, 2.45) is 11.8 Å². The molecule has 0 unspecified atom stereocenters. The number of piperidine rings is 1. The molecule has 0 radical (unpaired) electrons. The molecule has 0 spiro atoms. The minimum absolute atomic E-state index is 0.380. The smallest absolute Gasteiger partial charge is 0.115 e. The molecule has 0 aromatic heterocycles. The van der Waals surface area contributed by atoms with E-state index in [1.54, 1.807) is 0 Å². The summed E-state index contributed by atoms with van der Waals surface area (Å²) in [6.07, 6.45) is 12.5. The second kappa shape index (κ2) is 5.24. The van der Waals surface area contributed by atoms with E-state index in [-0.39, 0.29) is 0 Å². The van der Waals surface area contributed by atoms with Crippen LogP contribution in [0.4, 0.5) is 0 Å². The van der Waals surface area contributed by atoms with Crippen molar-refractivity contribution in [2.75, 3.05) is 13.1 Å². The van der Waals surface area contributed by atoms with Gasteiger partial charge in [-0.1, -0.05) is 25.3 Å². The number of phenolic OH excluding ortho intramolecular Hbond substituents is 1. The molecule has 2 nitrogen and oxygen atoms in total. The van der Waals surface area contributed by atoms with Crippen molar-refractivity contribution in [2.45, 2.75) is 69.2 Å². The second-order valence-electron chi connectivity index (χ2n) is 8.66. The SMILES string of the molecule is Oc1ccc2c(c1)[C@]13CCCC[C@H]1[C@H](C2)N(CC1CCC1)CC3. The van der Waals surface area contributed by atoms with Gasteiger partial charge >= 0.3 is 0 Å². The fourth-order valence-electron chi connectivity index (χ4n) is 6.31. The summed E-state index contributed by atoms with van der Waals surface area (Å²) in [6.45, 7) is 2.64. The highest BCUT2D eigenvalue weighted by Crippen LogP contribution is 2.56. The maximum absolute atomic E-state index is 10.1. The molecule has 2 bridgehead atoms. The van der Waals surface area contributed by atoms with Crippen LogP contribution in [0.15, 0.2) is 18.2 Å². The van der Waals surface area contributed by atoms with Crippen molar-refractivity contribution in [3.05, 3.63) is 29.3 Å². The van der Waals surface area contributed by atoms with Crippen LogP contribution in [0, 0.1) is 11.8 Å². The maximum atomic E-state index is 10.1. The molecule has 3 fully saturated rings. The number of likely N-dealkylation sites (tertiary alicyclic amines) is 1. The average molecular weight is 311 g/mol. The molecule has 124 valence electrons. The molecule has 1 aromatic rings. The fourth-order valence-corrected chi connectivity index (χ4v) is 6.31. The van der Waals surface area contributed by atoms with Gasteiger partial charge in [0.1, 0.15) is 5.75 Å². The summed E-state index contributed by atoms with van der Waals surface area (Å²) in [7, 11) is 0. The molecule has 1 aromatic carbocycles. The van der Waals surface area contributed by atoms with E-state index in [1.807, 2.05) is 6.07 Å². The zero-order chi connectivity index (χ0) is 15.4. The lowest BCUT2D eigenvalue weighted by Crippen LogP contribution is -2.61. The zero-order valence-electron chi connectivity index (χ0n) is 14.1. The monoisotopic (exact) mass is 311 g/mol. The average Bonchev–Trinajstić information content (AvgIpc) is 2.53. The first kappa shape index (κ1) is 14.3. The Balaban J connectivity index is 1.54. The van der Waals surface area contributed by atoms with Gasteiger partial charge in [-0.05, 0) is 80.2 Å². The lowest BCUT2D eigenvalue weighted by Gasteiger charge is -2.59. The van der Waals surface area contributed by atoms with Crippen molar-refractivity contribution in [3.63, 3.8) is 0 Å². The number of benzene rings is 1. The number of nitrogens with zero attached hydrogens (tertiary/aromatic N) is 1. The number of phenols is 1. The molecule has 23 heavy (non-hydrogen) atoms. The van der Waals surface area contributed by atoms with Gasteiger partial charge in [0.25, 0.3) is 0 Å². The van der Waals surface area contributed by atoms with Gasteiger partial charge in [0, 0.05) is 18.0 Å². The summed E-state index contributed by atoms with van der Waals surface area (Å²) in [5, 5.41) is 10.1. The highest BCUT2D eigenvalue weighted by molar-refractivity contribution is 5.45. The van der Waals surface area contributed by atoms with Crippen molar-refractivity contribution in [1.82, 2.24) is 4.90 Å². The molecule has 1 saturated heterocycles. The van der Waals surface area contributed by atoms with Gasteiger partial charge in [0.05, 0.1) is 0 Å². The molecule has 4 aliphatic rings. The van der Waals surface area contributed by atoms with Crippen LogP contribution in [0.3, 0.4) is 0 Å². The van der Waals surface area contributed by atoms with Gasteiger partial charge in [0.15, 0.2) is 0 Å². The highest BCUT2D eigenvalue weighted by atomic mass is 16.3. The van der Waals surface area contributed by atoms with Crippen LogP contribution in [-0.2, 0) is 11.8 Å². The van der Waals surface area contributed by atoms with E-state index >= 15 is 0 Å². The first-order chi connectivity index (χ1) is 11.3. The first-order valence-electron chi connectivity index (χ1n) is 9.83. The number of hydrogen-bond donors (Lipinski definition) is 1. The van der Waals surface area contributed by atoms with E-state index in [0.29, 0.717) is 11.2 Å². The number of aromatic hydroxyl groups is 1. The lowest BCUT2D eigenvalue weighted by atomic mass is 9.52. The molecule has 1 N–H and O–H groups in total. The molecule has 2 saturated carbocycles. The van der Waals surface area contributed by atoms with Crippen LogP contribution in [0.25, 0.3) is 0 Å². The van der Waals surface area contributed by atoms with E-state index in [9.17, 15) is 5.11 Å². The van der Waals surface area contributed by atoms with Gasteiger partial charge in [0.2, 0.25) is 0 Å². The molecule has 5 rings (SSSR count). The summed E-state index contributed by atoms with van der Waals surface area (Å²) < 4.78 is 0. The summed E-state index contributed by atoms with van der Waals surface area (Å²) in [5.41, 5.74) is 3.43. The molecule has 3 aliphatic carbocycles. The molecular weight excluding hydrogens is 282 g/mol. The summed E-state index contributed by atoms with van der Waals surface area (Å²) in [6, 6.07) is 7.01. The van der Waals surface area contributed by atoms with Gasteiger partial charge in [-0.25, -0.2) is 0 Å². The van der Waals surface area contributed by atoms with Crippen LogP contribution < -0.4 is 0 Å². The van der Waals surface area contributed by atoms with Crippen LogP contribution in [-0.4, -0.2) is 29.1 Å². The normalized spacial score (nSPS) is 36.9. The van der Waals surface area contributed by atoms with E-state index in [0.717, 1.165) is 17.9 Å². The Morgan fingerprint density at radius 2 is 2.00 bits per heavy atom. The molecule has 0 amide bonds. The van der Waals surface area contributed by atoms with E-state index in [4.69, 9.17) is 0 Å². The van der Waals surface area contributed by atoms with E-state index in [2.05, 4.69) is 17.0 Å². The topological polar surface area (TPSA) is 23.5 Å². The molecule has 1 aliphatic heterocycles. The van der Waals surface area contributed by atoms with Crippen LogP contribution in [0.1, 0.15) is 62.5 Å². The minimum atomic E-state index is 0.380. The highest BCUT2D eigenvalue weighted by Gasteiger charge is 2.53. The van der Waals surface area contributed by atoms with E-state index in [1.165, 1.54) is 82.0 Å². The number of rotatable bonds is 2. The van der Waals surface area contributed by atoms with Gasteiger partial charge in [-0.15, -0.1) is 0 Å². The third-order valence-electron chi connectivity index (χ3n) is 7.65. The van der Waals surface area contributed by atoms with Crippen molar-refractivity contribution >= 4 is 0 Å². The van der Waals surface area contributed by atoms with Crippen LogP contribution >= 0.6 is 0 Å². The Kier molecular flexibility index (Phi) is 3.27. The molecule has 2 heteroatoms. The molecular formula is C21H29NO. The van der Waals surface area contributed by atoms with Crippen LogP contribution in [0.5, 0.6) is 5.75 Å². The van der Waals surface area contributed by atoms with Crippen molar-refractivity contribution in [1.29, 1.82) is 0 Å². The standard InChI is InChI=1S/C21H29NO/c23-17-8-7-16-12-20-18-6-1-2-9-21(18,19(16)13-17)10-11-22(20)14-15-4-3-5-15/h7-8,13,15,18,20,23H,1-6,9-12,14H2/t18-,20-,21-/m0/s1. The quantitative estimate of drug-likeness (QED) is 0.882. The summed E-state index contributed by atoms with van der Waals surface area (Å²) >= 11 is 0. The minimum Gasteiger partial charge on any atom is -0.508 e. The number of hydrogen-bond acceptors (Lipinski definition) is 2. The van der Waals surface area contributed by atoms with Gasteiger partial charge in [-0.2, -0.15) is 0 Å². The Bertz CT molecular complexity index is 608. The maximum Gasteiger partial charge on any atom is 0.115 e. The predicted octanol–water partition coefficient (Wildman–Crippen LogP) is 4.25. The van der Waals surface area contributed by atoms with Gasteiger partial charge < -0.3 is 5.11 Å². The molecule has 1 heterocycles. The third-order valence-corrected chi connectivity index (χ3v) is 7.65. The zero-order valence-corrected chi connectivity index (χ0v) is 14.1. The predicted molar refractivity (Wildman–Crippen MR) is 92.8 cm³/mol. The Labute approximate surface area is 139 Å².